The van der Waals surface area contributed by atoms with Gasteiger partial charge in [-0.3, -0.25) is 24.1 Å². The number of fused-ring (bicyclic) bond motifs is 1. The van der Waals surface area contributed by atoms with Gasteiger partial charge in [-0.1, -0.05) is 42.5 Å². The number of hydrogen-bond acceptors (Lipinski definition) is 9. The van der Waals surface area contributed by atoms with E-state index in [4.69, 9.17) is 14.2 Å². The second-order valence-electron chi connectivity index (χ2n) is 13.5. The highest BCUT2D eigenvalue weighted by Crippen LogP contribution is 2.59. The highest BCUT2D eigenvalue weighted by Gasteiger charge is 2.75. The van der Waals surface area contributed by atoms with Crippen LogP contribution in [-0.2, 0) is 33.4 Å². The summed E-state index contributed by atoms with van der Waals surface area (Å²) in [7, 11) is 1.69. The number of likely N-dealkylation sites (N-methyl/N-ethyl adjacent to an activating group) is 1. The number of likely N-dealkylation sites (tertiary alicyclic amines) is 1. The molecule has 12 nitrogen and oxygen atoms in total. The Labute approximate surface area is 289 Å². The Morgan fingerprint density at radius 3 is 2.55 bits per heavy atom. The average molecular weight is 681 g/mol. The van der Waals surface area contributed by atoms with E-state index < -0.39 is 47.7 Å². The topological polar surface area (TPSA) is 129 Å². The summed E-state index contributed by atoms with van der Waals surface area (Å²) in [6.07, 6.45) is 4.03. The third-order valence-electron chi connectivity index (χ3n) is 10.7. The highest BCUT2D eigenvalue weighted by atomic mass is 16.6. The number of carbonyl (C=O) groups is 4. The molecule has 3 amide bonds. The van der Waals surface area contributed by atoms with Gasteiger partial charge in [0.25, 0.3) is 0 Å². The van der Waals surface area contributed by atoms with Gasteiger partial charge in [-0.2, -0.15) is 0 Å². The van der Waals surface area contributed by atoms with Gasteiger partial charge < -0.3 is 34.0 Å². The SMILES string of the molecule is C=CCCC(=O)N(C)[C@H](C)[C@H](OC(=O)[C@@H]1[C@H]2C(=O)N(CCCO)[C@H](C(=O)N(CC=C)CCN3CCOCC3)[C@]23CC[C@H]1O3)c1ccccc1. The average Bonchev–Trinajstić information content (AvgIpc) is 3.77. The third-order valence-corrected chi connectivity index (χ3v) is 10.7. The van der Waals surface area contributed by atoms with Crippen LogP contribution in [0.5, 0.6) is 0 Å². The summed E-state index contributed by atoms with van der Waals surface area (Å²) < 4.78 is 18.4. The Bertz CT molecular complexity index is 1350. The van der Waals surface area contributed by atoms with Crippen molar-refractivity contribution in [3.63, 3.8) is 0 Å². The summed E-state index contributed by atoms with van der Waals surface area (Å²) in [5.41, 5.74) is -0.469. The Morgan fingerprint density at radius 2 is 1.88 bits per heavy atom. The van der Waals surface area contributed by atoms with Gasteiger partial charge in [-0.25, -0.2) is 0 Å². The van der Waals surface area contributed by atoms with Crippen LogP contribution < -0.4 is 0 Å². The zero-order valence-corrected chi connectivity index (χ0v) is 28.9. The van der Waals surface area contributed by atoms with Crippen LogP contribution in [0.15, 0.2) is 55.6 Å². The Kier molecular flexibility index (Phi) is 12.3. The Hall–Kier alpha value is -3.58. The molecule has 0 aliphatic carbocycles. The van der Waals surface area contributed by atoms with Crippen LogP contribution in [0.2, 0.25) is 0 Å². The minimum absolute atomic E-state index is 0.101. The van der Waals surface area contributed by atoms with Crippen LogP contribution in [0.1, 0.15) is 50.7 Å². The van der Waals surface area contributed by atoms with Crippen LogP contribution >= 0.6 is 0 Å². The number of allylic oxidation sites excluding steroid dienone is 1. The van der Waals surface area contributed by atoms with Gasteiger partial charge in [0.1, 0.15) is 17.7 Å². The van der Waals surface area contributed by atoms with E-state index in [0.29, 0.717) is 52.1 Å². The van der Waals surface area contributed by atoms with Crippen molar-refractivity contribution in [2.24, 2.45) is 11.8 Å². The predicted molar refractivity (Wildman–Crippen MR) is 182 cm³/mol. The maximum atomic E-state index is 14.5. The molecule has 0 unspecified atom stereocenters. The molecule has 0 radical (unpaired) electrons. The molecule has 12 heteroatoms. The molecule has 1 aromatic carbocycles. The summed E-state index contributed by atoms with van der Waals surface area (Å²) in [6.45, 7) is 13.7. The van der Waals surface area contributed by atoms with Crippen molar-refractivity contribution in [1.82, 2.24) is 19.6 Å². The number of hydrogen-bond donors (Lipinski definition) is 1. The molecule has 4 heterocycles. The molecule has 268 valence electrons. The summed E-state index contributed by atoms with van der Waals surface area (Å²) in [5, 5.41) is 9.72. The molecule has 1 N–H and O–H groups in total. The quantitative estimate of drug-likeness (QED) is 0.195. The lowest BCUT2D eigenvalue weighted by Gasteiger charge is -2.37. The van der Waals surface area contributed by atoms with E-state index in [9.17, 15) is 24.3 Å². The molecular formula is C37H52N4O8. The maximum absolute atomic E-state index is 14.5. The van der Waals surface area contributed by atoms with E-state index in [1.807, 2.05) is 37.3 Å². The smallest absolute Gasteiger partial charge is 0.313 e. The van der Waals surface area contributed by atoms with Gasteiger partial charge in [0.2, 0.25) is 17.7 Å². The third kappa shape index (κ3) is 7.47. The Morgan fingerprint density at radius 1 is 1.14 bits per heavy atom. The summed E-state index contributed by atoms with van der Waals surface area (Å²) in [5.74, 6) is -3.08. The first-order valence-corrected chi connectivity index (χ1v) is 17.6. The van der Waals surface area contributed by atoms with E-state index in [1.165, 1.54) is 4.90 Å². The van der Waals surface area contributed by atoms with Gasteiger partial charge in [0.15, 0.2) is 0 Å². The van der Waals surface area contributed by atoms with Gasteiger partial charge >= 0.3 is 5.97 Å². The zero-order chi connectivity index (χ0) is 35.1. The maximum Gasteiger partial charge on any atom is 0.313 e. The summed E-state index contributed by atoms with van der Waals surface area (Å²) in [4.78, 5) is 63.3. The summed E-state index contributed by atoms with van der Waals surface area (Å²) >= 11 is 0. The number of esters is 1. The molecule has 4 aliphatic rings. The van der Waals surface area contributed by atoms with Crippen LogP contribution in [0.3, 0.4) is 0 Å². The number of aliphatic hydroxyl groups is 1. The van der Waals surface area contributed by atoms with Crippen molar-refractivity contribution in [2.45, 2.75) is 68.9 Å². The van der Waals surface area contributed by atoms with Crippen molar-refractivity contribution in [2.75, 3.05) is 66.1 Å². The standard InChI is InChI=1S/C37H52N4O8/c1-5-7-14-29(43)38(4)26(3)32(27-12-9-8-10-13-27)48-36(46)30-28-15-16-37(49-28)31(30)34(44)41(18-11-23-42)33(37)35(45)40(17-6-2)20-19-39-21-24-47-25-22-39/h5-6,8-10,12-13,26,28,30-33,42H,1-2,7,11,14-25H2,3-4H3/t26-,28-,30+,31+,32+,33-,37+/m1/s1. The molecule has 0 aromatic heterocycles. The van der Waals surface area contributed by atoms with Crippen molar-refractivity contribution in [3.05, 3.63) is 61.2 Å². The second-order valence-corrected chi connectivity index (χ2v) is 13.5. The molecule has 7 atom stereocenters. The van der Waals surface area contributed by atoms with Gasteiger partial charge in [0, 0.05) is 59.3 Å². The normalized spacial score (nSPS) is 27.3. The van der Waals surface area contributed by atoms with E-state index in [-0.39, 0.29) is 43.7 Å². The lowest BCUT2D eigenvalue weighted by molar-refractivity contribution is -0.164. The van der Waals surface area contributed by atoms with Gasteiger partial charge in [-0.15, -0.1) is 13.2 Å². The van der Waals surface area contributed by atoms with E-state index in [0.717, 1.165) is 18.7 Å². The van der Waals surface area contributed by atoms with E-state index in [2.05, 4.69) is 18.1 Å². The van der Waals surface area contributed by atoms with Crippen molar-refractivity contribution >= 4 is 23.7 Å². The monoisotopic (exact) mass is 680 g/mol. The highest BCUT2D eigenvalue weighted by molar-refractivity contribution is 5.98. The molecule has 0 saturated carbocycles. The van der Waals surface area contributed by atoms with Crippen LogP contribution in [0.4, 0.5) is 0 Å². The fourth-order valence-corrected chi connectivity index (χ4v) is 8.01. The van der Waals surface area contributed by atoms with E-state index >= 15 is 0 Å². The minimum atomic E-state index is -1.19. The van der Waals surface area contributed by atoms with Crippen molar-refractivity contribution in [1.29, 1.82) is 0 Å². The molecule has 5 rings (SSSR count). The molecule has 49 heavy (non-hydrogen) atoms. The number of benzene rings is 1. The fraction of sp³-hybridized carbons (Fsp3) is 0.622. The lowest BCUT2D eigenvalue weighted by Crippen LogP contribution is -2.57. The number of morpholine rings is 1. The predicted octanol–water partition coefficient (Wildman–Crippen LogP) is 2.19. The molecule has 4 saturated heterocycles. The van der Waals surface area contributed by atoms with Crippen LogP contribution in [0.25, 0.3) is 0 Å². The van der Waals surface area contributed by atoms with Crippen molar-refractivity contribution in [3.8, 4) is 0 Å². The van der Waals surface area contributed by atoms with Crippen LogP contribution in [-0.4, -0.2) is 138 Å². The lowest BCUT2D eigenvalue weighted by atomic mass is 9.70. The fourth-order valence-electron chi connectivity index (χ4n) is 8.01. The molecule has 4 aliphatic heterocycles. The molecule has 1 spiro atoms. The number of nitrogens with zero attached hydrogens (tertiary/aromatic N) is 4. The first-order chi connectivity index (χ1) is 23.7. The number of rotatable bonds is 17. The first-order valence-electron chi connectivity index (χ1n) is 17.6. The number of carbonyl (C=O) groups excluding carboxylic acids is 4. The largest absolute Gasteiger partial charge is 0.455 e. The zero-order valence-electron chi connectivity index (χ0n) is 28.9. The minimum Gasteiger partial charge on any atom is -0.455 e. The molecule has 4 fully saturated rings. The molecule has 1 aromatic rings. The van der Waals surface area contributed by atoms with Gasteiger partial charge in [0.05, 0.1) is 37.2 Å². The summed E-state index contributed by atoms with van der Waals surface area (Å²) in [6, 6.07) is 7.82. The van der Waals surface area contributed by atoms with Gasteiger partial charge in [-0.05, 0) is 38.2 Å². The Balaban J connectivity index is 1.41. The van der Waals surface area contributed by atoms with E-state index in [1.54, 1.807) is 29.0 Å². The van der Waals surface area contributed by atoms with Crippen LogP contribution in [0, 0.1) is 11.8 Å². The molecular weight excluding hydrogens is 628 g/mol. The van der Waals surface area contributed by atoms with Crippen molar-refractivity contribution < 1.29 is 38.5 Å². The number of ether oxygens (including phenoxy) is 3. The molecule has 2 bridgehead atoms. The second kappa shape index (κ2) is 16.4. The number of amides is 3. The first kappa shape index (κ1) is 36.7. The number of aliphatic hydroxyl groups excluding tert-OH is 1.